The van der Waals surface area contributed by atoms with E-state index in [-0.39, 0.29) is 12.6 Å². The Kier molecular flexibility index (Phi) is 6.32. The van der Waals surface area contributed by atoms with E-state index in [0.29, 0.717) is 6.54 Å². The van der Waals surface area contributed by atoms with E-state index >= 15 is 0 Å². The second-order valence-corrected chi connectivity index (χ2v) is 5.59. The molecule has 0 bridgehead atoms. The van der Waals surface area contributed by atoms with E-state index in [9.17, 15) is 4.79 Å². The van der Waals surface area contributed by atoms with E-state index in [4.69, 9.17) is 16.7 Å². The molecule has 0 saturated carbocycles. The maximum atomic E-state index is 11.2. The van der Waals surface area contributed by atoms with Gasteiger partial charge in [0, 0.05) is 18.0 Å². The lowest BCUT2D eigenvalue weighted by molar-refractivity contribution is 0.187. The highest BCUT2D eigenvalue weighted by Crippen LogP contribution is 2.22. The minimum absolute atomic E-state index is 0.241. The number of urea groups is 1. The molecule has 0 aliphatic rings. The first kappa shape index (κ1) is 14.3. The van der Waals surface area contributed by atoms with Gasteiger partial charge >= 0.3 is 6.03 Å². The van der Waals surface area contributed by atoms with Crippen molar-refractivity contribution in [3.8, 4) is 0 Å². The summed E-state index contributed by atoms with van der Waals surface area (Å²) in [6, 6.07) is 3.64. The number of halogens is 1. The molecule has 3 N–H and O–H groups in total. The molecule has 0 aliphatic heterocycles. The largest absolute Gasteiger partial charge is 0.392 e. The van der Waals surface area contributed by atoms with Gasteiger partial charge in [-0.15, -0.1) is 11.3 Å². The number of rotatable bonds is 6. The number of nitrogens with one attached hydrogen (secondary N) is 2. The fourth-order valence-corrected chi connectivity index (χ4v) is 2.38. The summed E-state index contributed by atoms with van der Waals surface area (Å²) < 4.78 is 0.794. The van der Waals surface area contributed by atoms with Gasteiger partial charge in [-0.2, -0.15) is 0 Å². The summed E-state index contributed by atoms with van der Waals surface area (Å²) >= 11 is 7.37. The summed E-state index contributed by atoms with van der Waals surface area (Å²) in [5.74, 6) is 0. The lowest BCUT2D eigenvalue weighted by atomic mass is 10.2. The molecule has 6 heteroatoms. The molecule has 0 unspecified atom stereocenters. The number of aliphatic hydroxyl groups is 1. The molecule has 0 radical (unpaired) electrons. The van der Waals surface area contributed by atoms with Crippen molar-refractivity contribution in [2.45, 2.75) is 25.9 Å². The molecular formula is C11H17ClN2O2S. The van der Waals surface area contributed by atoms with Crippen molar-refractivity contribution >= 4 is 29.0 Å². The zero-order valence-electron chi connectivity index (χ0n) is 9.70. The Labute approximate surface area is 110 Å². The maximum Gasteiger partial charge on any atom is 0.314 e. The third kappa shape index (κ3) is 6.51. The SMILES string of the molecule is C[C@@H](O)CNC(=O)NCCCc1ccc(Cl)s1. The highest BCUT2D eigenvalue weighted by atomic mass is 35.5. The van der Waals surface area contributed by atoms with Crippen LogP contribution in [0.2, 0.25) is 4.34 Å². The van der Waals surface area contributed by atoms with Crippen LogP contribution in [0.4, 0.5) is 4.79 Å². The fourth-order valence-electron chi connectivity index (χ4n) is 1.25. The van der Waals surface area contributed by atoms with Crippen molar-refractivity contribution in [2.75, 3.05) is 13.1 Å². The fraction of sp³-hybridized carbons (Fsp3) is 0.545. The Morgan fingerprint density at radius 2 is 2.29 bits per heavy atom. The molecule has 1 aromatic rings. The van der Waals surface area contributed by atoms with Crippen molar-refractivity contribution in [1.29, 1.82) is 0 Å². The van der Waals surface area contributed by atoms with E-state index in [0.717, 1.165) is 17.2 Å². The number of aryl methyl sites for hydroxylation is 1. The standard InChI is InChI=1S/C11H17ClN2O2S/c1-8(15)7-14-11(16)13-6-2-3-9-4-5-10(12)17-9/h4-5,8,15H,2-3,6-7H2,1H3,(H2,13,14,16)/t8-/m1/s1. The van der Waals surface area contributed by atoms with Crippen LogP contribution in [0.25, 0.3) is 0 Å². The highest BCUT2D eigenvalue weighted by Gasteiger charge is 2.02. The molecule has 17 heavy (non-hydrogen) atoms. The zero-order chi connectivity index (χ0) is 12.7. The summed E-state index contributed by atoms with van der Waals surface area (Å²) in [7, 11) is 0. The second kappa shape index (κ2) is 7.53. The molecule has 0 aliphatic carbocycles. The average Bonchev–Trinajstić information content (AvgIpc) is 2.68. The molecular weight excluding hydrogens is 260 g/mol. The quantitative estimate of drug-likeness (QED) is 0.696. The van der Waals surface area contributed by atoms with Crippen molar-refractivity contribution in [3.05, 3.63) is 21.3 Å². The van der Waals surface area contributed by atoms with E-state index in [2.05, 4.69) is 10.6 Å². The summed E-state index contributed by atoms with van der Waals surface area (Å²) in [6.07, 6.45) is 1.27. The Hall–Kier alpha value is -0.780. The van der Waals surface area contributed by atoms with Crippen LogP contribution in [0.5, 0.6) is 0 Å². The second-order valence-electron chi connectivity index (χ2n) is 3.80. The molecule has 1 aromatic heterocycles. The first-order valence-electron chi connectivity index (χ1n) is 5.52. The topological polar surface area (TPSA) is 61.4 Å². The van der Waals surface area contributed by atoms with Gasteiger partial charge in [-0.05, 0) is 31.9 Å². The molecule has 0 spiro atoms. The van der Waals surface area contributed by atoms with Crippen molar-refractivity contribution in [2.24, 2.45) is 0 Å². The van der Waals surface area contributed by atoms with Gasteiger partial charge in [0.1, 0.15) is 0 Å². The van der Waals surface area contributed by atoms with E-state index < -0.39 is 6.10 Å². The van der Waals surface area contributed by atoms with Gasteiger partial charge in [0.2, 0.25) is 0 Å². The lowest BCUT2D eigenvalue weighted by Gasteiger charge is -2.08. The van der Waals surface area contributed by atoms with Gasteiger partial charge in [0.05, 0.1) is 10.4 Å². The Bertz CT molecular complexity index is 355. The Morgan fingerprint density at radius 3 is 2.88 bits per heavy atom. The predicted molar refractivity (Wildman–Crippen MR) is 70.7 cm³/mol. The molecule has 0 fully saturated rings. The van der Waals surface area contributed by atoms with E-state index in [1.807, 2.05) is 12.1 Å². The summed E-state index contributed by atoms with van der Waals surface area (Å²) in [4.78, 5) is 12.4. The van der Waals surface area contributed by atoms with Crippen molar-refractivity contribution in [3.63, 3.8) is 0 Å². The van der Waals surface area contributed by atoms with Crippen LogP contribution in [-0.4, -0.2) is 30.3 Å². The third-order valence-electron chi connectivity index (χ3n) is 2.07. The van der Waals surface area contributed by atoms with Gasteiger partial charge in [0.15, 0.2) is 0 Å². The van der Waals surface area contributed by atoms with Crippen molar-refractivity contribution < 1.29 is 9.90 Å². The van der Waals surface area contributed by atoms with Gasteiger partial charge in [-0.1, -0.05) is 11.6 Å². The first-order chi connectivity index (χ1) is 8.08. The Balaban J connectivity index is 2.06. The molecule has 1 heterocycles. The number of aliphatic hydroxyl groups excluding tert-OH is 1. The molecule has 96 valence electrons. The van der Waals surface area contributed by atoms with E-state index in [1.165, 1.54) is 4.88 Å². The minimum Gasteiger partial charge on any atom is -0.392 e. The van der Waals surface area contributed by atoms with Gasteiger partial charge in [-0.25, -0.2) is 4.79 Å². The Morgan fingerprint density at radius 1 is 1.53 bits per heavy atom. The molecule has 1 atom stereocenters. The smallest absolute Gasteiger partial charge is 0.314 e. The van der Waals surface area contributed by atoms with Crippen LogP contribution in [0, 0.1) is 0 Å². The molecule has 2 amide bonds. The molecule has 1 rings (SSSR count). The molecule has 0 aromatic carbocycles. The van der Waals surface area contributed by atoms with Crippen LogP contribution < -0.4 is 10.6 Å². The van der Waals surface area contributed by atoms with Gasteiger partial charge < -0.3 is 15.7 Å². The normalized spacial score (nSPS) is 12.2. The molecule has 0 saturated heterocycles. The summed E-state index contributed by atoms with van der Waals surface area (Å²) in [5.41, 5.74) is 0. The number of thiophene rings is 1. The monoisotopic (exact) mass is 276 g/mol. The number of amides is 2. The van der Waals surface area contributed by atoms with Crippen molar-refractivity contribution in [1.82, 2.24) is 10.6 Å². The van der Waals surface area contributed by atoms with Crippen LogP contribution in [0.15, 0.2) is 12.1 Å². The van der Waals surface area contributed by atoms with Crippen LogP contribution in [-0.2, 0) is 6.42 Å². The number of carbonyl (C=O) groups is 1. The number of hydrogen-bond donors (Lipinski definition) is 3. The maximum absolute atomic E-state index is 11.2. The van der Waals surface area contributed by atoms with Crippen LogP contribution in [0.1, 0.15) is 18.2 Å². The summed E-state index contributed by atoms with van der Waals surface area (Å²) in [6.45, 7) is 2.51. The predicted octanol–water partition coefficient (Wildman–Crippen LogP) is 2.01. The van der Waals surface area contributed by atoms with Crippen LogP contribution >= 0.6 is 22.9 Å². The average molecular weight is 277 g/mol. The van der Waals surface area contributed by atoms with Gasteiger partial charge in [-0.3, -0.25) is 0 Å². The first-order valence-corrected chi connectivity index (χ1v) is 6.71. The summed E-state index contributed by atoms with van der Waals surface area (Å²) in [5, 5.41) is 14.3. The molecule has 4 nitrogen and oxygen atoms in total. The number of carbonyl (C=O) groups excluding carboxylic acids is 1. The zero-order valence-corrected chi connectivity index (χ0v) is 11.3. The third-order valence-corrected chi connectivity index (χ3v) is 3.36. The lowest BCUT2D eigenvalue weighted by Crippen LogP contribution is -2.39. The van der Waals surface area contributed by atoms with Crippen LogP contribution in [0.3, 0.4) is 0 Å². The van der Waals surface area contributed by atoms with E-state index in [1.54, 1.807) is 18.3 Å². The number of hydrogen-bond acceptors (Lipinski definition) is 3. The van der Waals surface area contributed by atoms with Gasteiger partial charge in [0.25, 0.3) is 0 Å². The highest BCUT2D eigenvalue weighted by molar-refractivity contribution is 7.16. The minimum atomic E-state index is -0.519.